The molecule has 2 atom stereocenters. The predicted molar refractivity (Wildman–Crippen MR) is 104 cm³/mol. The van der Waals surface area contributed by atoms with Gasteiger partial charge in [-0.05, 0) is 30.2 Å². The number of rotatable bonds is 4. The summed E-state index contributed by atoms with van der Waals surface area (Å²) in [7, 11) is 1.60. The summed E-state index contributed by atoms with van der Waals surface area (Å²) in [6, 6.07) is 6.79. The van der Waals surface area contributed by atoms with E-state index in [9.17, 15) is 22.8 Å². The van der Waals surface area contributed by atoms with Crippen molar-refractivity contribution in [1.29, 1.82) is 0 Å². The first-order chi connectivity index (χ1) is 14.2. The van der Waals surface area contributed by atoms with E-state index in [1.165, 1.54) is 22.1 Å². The second-order valence-electron chi connectivity index (χ2n) is 7.84. The molecule has 2 amide bonds. The van der Waals surface area contributed by atoms with E-state index in [-0.39, 0.29) is 36.7 Å². The smallest absolute Gasteiger partial charge is 0.254 e. The Labute approximate surface area is 171 Å². The van der Waals surface area contributed by atoms with E-state index >= 15 is 0 Å². The Morgan fingerprint density at radius 3 is 2.67 bits per heavy atom. The molecule has 4 rings (SSSR count). The largest absolute Gasteiger partial charge is 0.381 e. The van der Waals surface area contributed by atoms with Crippen LogP contribution in [0.5, 0.6) is 0 Å². The van der Waals surface area contributed by atoms with E-state index < -0.39 is 29.6 Å². The Morgan fingerprint density at radius 1 is 1.27 bits per heavy atom. The summed E-state index contributed by atoms with van der Waals surface area (Å²) in [6.45, 7) is 0.585. The topological polar surface area (TPSA) is 79.5 Å². The second-order valence-corrected chi connectivity index (χ2v) is 7.84. The van der Waals surface area contributed by atoms with Gasteiger partial charge < -0.3 is 15.5 Å². The molecule has 2 aliphatic rings. The number of nitrogens with two attached hydrogens (primary N) is 1. The van der Waals surface area contributed by atoms with Crippen molar-refractivity contribution in [3.05, 3.63) is 47.9 Å². The quantitative estimate of drug-likeness (QED) is 0.828. The van der Waals surface area contributed by atoms with Crippen LogP contribution in [0.25, 0.3) is 11.1 Å². The molecule has 2 heterocycles. The van der Waals surface area contributed by atoms with Crippen molar-refractivity contribution in [2.45, 2.75) is 24.8 Å². The van der Waals surface area contributed by atoms with Gasteiger partial charge in [-0.25, -0.2) is 18.2 Å². The summed E-state index contributed by atoms with van der Waals surface area (Å²) in [5.74, 6) is -5.30. The van der Waals surface area contributed by atoms with E-state index in [1.54, 1.807) is 31.3 Å². The average Bonchev–Trinajstić information content (AvgIpc) is 3.33. The number of carbonyl (C=O) groups is 2. The van der Waals surface area contributed by atoms with E-state index in [1.807, 2.05) is 0 Å². The minimum atomic E-state index is -2.77. The predicted octanol–water partition coefficient (Wildman–Crippen LogP) is 2.80. The van der Waals surface area contributed by atoms with Crippen LogP contribution in [0, 0.1) is 11.7 Å². The normalized spacial score (nSPS) is 22.9. The van der Waals surface area contributed by atoms with E-state index in [0.29, 0.717) is 17.7 Å². The Morgan fingerprint density at radius 2 is 2.00 bits per heavy atom. The van der Waals surface area contributed by atoms with Gasteiger partial charge in [0, 0.05) is 49.8 Å². The molecule has 0 radical (unpaired) electrons. The number of hydrogen-bond donors (Lipinski definition) is 1. The highest BCUT2D eigenvalue weighted by molar-refractivity contribution is 5.99. The third-order valence-corrected chi connectivity index (χ3v) is 5.75. The number of halogens is 3. The molecule has 0 spiro atoms. The first-order valence-corrected chi connectivity index (χ1v) is 9.62. The number of nitrogens with zero attached hydrogens (tertiary/aromatic N) is 3. The summed E-state index contributed by atoms with van der Waals surface area (Å²) >= 11 is 0. The first-order valence-electron chi connectivity index (χ1n) is 9.62. The van der Waals surface area contributed by atoms with Gasteiger partial charge in [0.1, 0.15) is 6.04 Å². The molecule has 30 heavy (non-hydrogen) atoms. The molecule has 2 aromatic rings. The third-order valence-electron chi connectivity index (χ3n) is 5.75. The Bertz CT molecular complexity index is 1010. The molecule has 2 unspecified atom stereocenters. The highest BCUT2D eigenvalue weighted by Crippen LogP contribution is 2.51. The fourth-order valence-electron chi connectivity index (χ4n) is 3.78. The lowest BCUT2D eigenvalue weighted by Crippen LogP contribution is -2.57. The molecule has 1 saturated heterocycles. The molecule has 1 saturated carbocycles. The van der Waals surface area contributed by atoms with Crippen LogP contribution in [0.15, 0.2) is 36.5 Å². The SMILES string of the molecule is CN1CCN(C(=O)c2cccc(-c3cnc(N)c(F)c3)c2)C(CC2CC2(F)F)C1=O. The van der Waals surface area contributed by atoms with Crippen molar-refractivity contribution < 1.29 is 22.8 Å². The van der Waals surface area contributed by atoms with Crippen molar-refractivity contribution in [3.63, 3.8) is 0 Å². The summed E-state index contributed by atoms with van der Waals surface area (Å²) < 4.78 is 40.7. The Balaban J connectivity index is 1.60. The van der Waals surface area contributed by atoms with Crippen molar-refractivity contribution >= 4 is 17.6 Å². The molecule has 1 aromatic heterocycles. The third kappa shape index (κ3) is 3.71. The zero-order chi connectivity index (χ0) is 21.6. The lowest BCUT2D eigenvalue weighted by atomic mass is 10.0. The molecule has 0 bridgehead atoms. The second kappa shape index (κ2) is 7.30. The fourth-order valence-corrected chi connectivity index (χ4v) is 3.78. The van der Waals surface area contributed by atoms with Crippen LogP contribution < -0.4 is 5.73 Å². The van der Waals surface area contributed by atoms with E-state index in [2.05, 4.69) is 4.98 Å². The Hall–Kier alpha value is -3.10. The molecule has 2 N–H and O–H groups in total. The number of likely N-dealkylation sites (N-methyl/N-ethyl adjacent to an activating group) is 1. The minimum Gasteiger partial charge on any atom is -0.381 e. The molecule has 1 aromatic carbocycles. The maximum absolute atomic E-state index is 13.8. The molecule has 1 aliphatic carbocycles. The van der Waals surface area contributed by atoms with Crippen LogP contribution in [0.4, 0.5) is 19.0 Å². The lowest BCUT2D eigenvalue weighted by Gasteiger charge is -2.39. The van der Waals surface area contributed by atoms with Crippen molar-refractivity contribution in [1.82, 2.24) is 14.8 Å². The van der Waals surface area contributed by atoms with Gasteiger partial charge in [-0.3, -0.25) is 9.59 Å². The van der Waals surface area contributed by atoms with Crippen molar-refractivity contribution in [2.75, 3.05) is 25.9 Å². The molecular weight excluding hydrogens is 397 g/mol. The van der Waals surface area contributed by atoms with Gasteiger partial charge in [-0.2, -0.15) is 0 Å². The van der Waals surface area contributed by atoms with Crippen molar-refractivity contribution in [2.24, 2.45) is 5.92 Å². The molecule has 9 heteroatoms. The van der Waals surface area contributed by atoms with Crippen LogP contribution in [0.2, 0.25) is 0 Å². The molecule has 1 aliphatic heterocycles. The zero-order valence-corrected chi connectivity index (χ0v) is 16.3. The maximum Gasteiger partial charge on any atom is 0.254 e. The van der Waals surface area contributed by atoms with Gasteiger partial charge >= 0.3 is 0 Å². The Kier molecular flexibility index (Phi) is 4.91. The molecule has 2 fully saturated rings. The van der Waals surface area contributed by atoms with Crippen LogP contribution in [0.3, 0.4) is 0 Å². The van der Waals surface area contributed by atoms with E-state index in [4.69, 9.17) is 5.73 Å². The highest BCUT2D eigenvalue weighted by atomic mass is 19.3. The van der Waals surface area contributed by atoms with Gasteiger partial charge in [-0.15, -0.1) is 0 Å². The molecule has 6 nitrogen and oxygen atoms in total. The maximum atomic E-state index is 13.8. The van der Waals surface area contributed by atoms with Crippen LogP contribution in [0.1, 0.15) is 23.2 Å². The summed E-state index contributed by atoms with van der Waals surface area (Å²) in [5, 5.41) is 0. The highest BCUT2D eigenvalue weighted by Gasteiger charge is 2.58. The van der Waals surface area contributed by atoms with Crippen molar-refractivity contribution in [3.8, 4) is 11.1 Å². The fraction of sp³-hybridized carbons (Fsp3) is 0.381. The number of hydrogen-bond acceptors (Lipinski definition) is 4. The minimum absolute atomic E-state index is 0.0608. The van der Waals surface area contributed by atoms with Gasteiger partial charge in [0.25, 0.3) is 11.8 Å². The monoisotopic (exact) mass is 418 g/mol. The van der Waals surface area contributed by atoms with Crippen LogP contribution in [-0.4, -0.2) is 58.7 Å². The number of nitrogen functional groups attached to an aromatic ring is 1. The lowest BCUT2D eigenvalue weighted by molar-refractivity contribution is -0.139. The number of aromatic nitrogens is 1. The van der Waals surface area contributed by atoms with Gasteiger partial charge in [-0.1, -0.05) is 12.1 Å². The summed E-state index contributed by atoms with van der Waals surface area (Å²) in [5.41, 5.74) is 6.69. The average molecular weight is 418 g/mol. The number of anilines is 1. The molecular formula is C21H21F3N4O2. The number of benzene rings is 1. The zero-order valence-electron chi connectivity index (χ0n) is 16.3. The summed E-state index contributed by atoms with van der Waals surface area (Å²) in [6.07, 6.45) is 1.09. The molecule has 158 valence electrons. The van der Waals surface area contributed by atoms with Gasteiger partial charge in [0.05, 0.1) is 0 Å². The van der Waals surface area contributed by atoms with Crippen LogP contribution in [-0.2, 0) is 4.79 Å². The van der Waals surface area contributed by atoms with E-state index in [0.717, 1.165) is 0 Å². The number of piperazine rings is 1. The first kappa shape index (κ1) is 20.2. The number of amides is 2. The number of pyridine rings is 1. The number of alkyl halides is 2. The standard InChI is InChI=1S/C21H21F3N4O2/c1-27-5-6-28(17(20(27)30)9-15-10-21(15,23)24)19(29)13-4-2-3-12(7-13)14-8-16(22)18(25)26-11-14/h2-4,7-8,11,15,17H,5-6,9-10H2,1H3,(H2,25,26). The number of carbonyl (C=O) groups excluding carboxylic acids is 2. The van der Waals surface area contributed by atoms with Crippen LogP contribution >= 0.6 is 0 Å². The van der Waals surface area contributed by atoms with Gasteiger partial charge in [0.15, 0.2) is 11.6 Å². The summed E-state index contributed by atoms with van der Waals surface area (Å²) in [4.78, 5) is 32.4. The van der Waals surface area contributed by atoms with Gasteiger partial charge in [0.2, 0.25) is 5.91 Å².